The van der Waals surface area contributed by atoms with E-state index in [1.54, 1.807) is 0 Å². The van der Waals surface area contributed by atoms with Gasteiger partial charge >= 0.3 is 0 Å². The molecule has 60 heavy (non-hydrogen) atoms. The molecule has 290 valence electrons. The molecule has 9 aromatic rings. The monoisotopic (exact) mass is 772 g/mol. The van der Waals surface area contributed by atoms with E-state index in [0.717, 1.165) is 22.7 Å². The molecule has 0 saturated heterocycles. The SMILES string of the molecule is Cc1ccccc1N(c1ccccc1)c1ccc2cc3c(cc2c1)C(C)(C)c1ccc2c(c1-3)-c1cc3ccc(N(c4ccccc4)c4ccccc4C)cc3cc1C2(C)C. The van der Waals surface area contributed by atoms with Crippen molar-refractivity contribution >= 4 is 55.7 Å². The van der Waals surface area contributed by atoms with Crippen LogP contribution in [0.4, 0.5) is 34.1 Å². The lowest BCUT2D eigenvalue weighted by atomic mass is 9.79. The molecule has 0 aromatic heterocycles. The molecule has 2 aliphatic rings. The van der Waals surface area contributed by atoms with Gasteiger partial charge in [0.15, 0.2) is 0 Å². The van der Waals surface area contributed by atoms with Crippen LogP contribution in [0.5, 0.6) is 0 Å². The highest BCUT2D eigenvalue weighted by Crippen LogP contribution is 2.60. The summed E-state index contributed by atoms with van der Waals surface area (Å²) in [6.07, 6.45) is 0. The van der Waals surface area contributed by atoms with Gasteiger partial charge in [0.2, 0.25) is 0 Å². The van der Waals surface area contributed by atoms with Crippen molar-refractivity contribution in [2.45, 2.75) is 52.4 Å². The molecule has 2 aliphatic carbocycles. The van der Waals surface area contributed by atoms with Crippen LogP contribution in [0.15, 0.2) is 182 Å². The molecule has 0 unspecified atom stereocenters. The van der Waals surface area contributed by atoms with Gasteiger partial charge in [0.05, 0.1) is 0 Å². The summed E-state index contributed by atoms with van der Waals surface area (Å²) in [5, 5.41) is 5.04. The Balaban J connectivity index is 1.06. The lowest BCUT2D eigenvalue weighted by molar-refractivity contribution is 0.651. The summed E-state index contributed by atoms with van der Waals surface area (Å²) in [7, 11) is 0. The van der Waals surface area contributed by atoms with Crippen LogP contribution in [0, 0.1) is 13.8 Å². The minimum Gasteiger partial charge on any atom is -0.310 e. The smallest absolute Gasteiger partial charge is 0.0490 e. The van der Waals surface area contributed by atoms with Crippen LogP contribution >= 0.6 is 0 Å². The van der Waals surface area contributed by atoms with E-state index in [2.05, 4.69) is 233 Å². The first-order valence-electron chi connectivity index (χ1n) is 21.3. The third-order valence-electron chi connectivity index (χ3n) is 13.6. The molecule has 0 bridgehead atoms. The summed E-state index contributed by atoms with van der Waals surface area (Å²) >= 11 is 0. The summed E-state index contributed by atoms with van der Waals surface area (Å²) in [6.45, 7) is 14.1. The van der Waals surface area contributed by atoms with Crippen molar-refractivity contribution < 1.29 is 0 Å². The largest absolute Gasteiger partial charge is 0.310 e. The molecule has 0 spiro atoms. The third kappa shape index (κ3) is 5.40. The van der Waals surface area contributed by atoms with Gasteiger partial charge in [-0.2, -0.15) is 0 Å². The van der Waals surface area contributed by atoms with Gasteiger partial charge in [0.1, 0.15) is 0 Å². The van der Waals surface area contributed by atoms with Crippen LogP contribution in [-0.2, 0) is 10.8 Å². The van der Waals surface area contributed by atoms with Gasteiger partial charge in [-0.25, -0.2) is 0 Å². The molecule has 2 heteroatoms. The Morgan fingerprint density at radius 2 is 0.700 bits per heavy atom. The maximum atomic E-state index is 2.48. The summed E-state index contributed by atoms with van der Waals surface area (Å²) in [5.41, 5.74) is 20.3. The van der Waals surface area contributed by atoms with Crippen LogP contribution in [0.3, 0.4) is 0 Å². The van der Waals surface area contributed by atoms with Crippen LogP contribution in [0.1, 0.15) is 61.1 Å². The molecule has 0 N–H and O–H groups in total. The van der Waals surface area contributed by atoms with Crippen molar-refractivity contribution in [1.29, 1.82) is 0 Å². The fraction of sp³-hybridized carbons (Fsp3) is 0.138. The zero-order valence-corrected chi connectivity index (χ0v) is 35.2. The van der Waals surface area contributed by atoms with Crippen LogP contribution in [0.25, 0.3) is 43.8 Å². The third-order valence-corrected chi connectivity index (χ3v) is 13.6. The zero-order chi connectivity index (χ0) is 40.9. The lowest BCUT2D eigenvalue weighted by Crippen LogP contribution is -2.17. The van der Waals surface area contributed by atoms with E-state index in [0.29, 0.717) is 0 Å². The highest BCUT2D eigenvalue weighted by atomic mass is 15.1. The first kappa shape index (κ1) is 36.2. The molecule has 0 amide bonds. The van der Waals surface area contributed by atoms with E-state index < -0.39 is 0 Å². The second-order valence-electron chi connectivity index (χ2n) is 17.9. The molecule has 0 heterocycles. The summed E-state index contributed by atoms with van der Waals surface area (Å²) in [5.74, 6) is 0. The van der Waals surface area contributed by atoms with E-state index in [1.807, 2.05) is 0 Å². The molecule has 0 atom stereocenters. The number of benzene rings is 9. The molecule has 0 fully saturated rings. The summed E-state index contributed by atoms with van der Waals surface area (Å²) in [6, 6.07) is 67.6. The Morgan fingerprint density at radius 1 is 0.317 bits per heavy atom. The van der Waals surface area contributed by atoms with E-state index in [4.69, 9.17) is 0 Å². The number of fused-ring (bicyclic) bond motifs is 9. The van der Waals surface area contributed by atoms with E-state index in [9.17, 15) is 0 Å². The highest BCUT2D eigenvalue weighted by Gasteiger charge is 2.44. The average molecular weight is 773 g/mol. The van der Waals surface area contributed by atoms with Gasteiger partial charge in [0, 0.05) is 45.0 Å². The van der Waals surface area contributed by atoms with Gasteiger partial charge in [-0.3, -0.25) is 0 Å². The van der Waals surface area contributed by atoms with E-state index >= 15 is 0 Å². The van der Waals surface area contributed by atoms with Crippen molar-refractivity contribution in [3.63, 3.8) is 0 Å². The lowest BCUT2D eigenvalue weighted by Gasteiger charge is -2.27. The number of aryl methyl sites for hydroxylation is 2. The number of para-hydroxylation sites is 4. The molecular weight excluding hydrogens is 725 g/mol. The van der Waals surface area contributed by atoms with Crippen LogP contribution in [-0.4, -0.2) is 0 Å². The van der Waals surface area contributed by atoms with Crippen LogP contribution < -0.4 is 9.80 Å². The van der Waals surface area contributed by atoms with Gasteiger partial charge in [-0.15, -0.1) is 0 Å². The van der Waals surface area contributed by atoms with Crippen molar-refractivity contribution in [3.8, 4) is 22.3 Å². The summed E-state index contributed by atoms with van der Waals surface area (Å²) in [4.78, 5) is 4.78. The van der Waals surface area contributed by atoms with Crippen molar-refractivity contribution in [2.24, 2.45) is 0 Å². The average Bonchev–Trinajstić information content (AvgIpc) is 3.62. The fourth-order valence-corrected chi connectivity index (χ4v) is 10.4. The van der Waals surface area contributed by atoms with Crippen LogP contribution in [0.2, 0.25) is 0 Å². The second-order valence-corrected chi connectivity index (χ2v) is 17.9. The zero-order valence-electron chi connectivity index (χ0n) is 35.2. The van der Waals surface area contributed by atoms with Crippen molar-refractivity contribution in [3.05, 3.63) is 215 Å². The standard InChI is InChI=1S/C58H48N2/c1-37-17-13-15-23-53(37)59(43-19-9-7-10-20-43)45-27-25-39-33-47-51(35-41(39)31-45)57(3,4)49-29-30-50-56(55(47)49)48-34-40-26-28-46(32-42(40)36-52(48)58(50,5)6)60(44-21-11-8-12-22-44)54-24-16-14-18-38(54)2/h7-36H,1-6H3. The molecule has 0 radical (unpaired) electrons. The quantitative estimate of drug-likeness (QED) is 0.166. The predicted molar refractivity (Wildman–Crippen MR) is 255 cm³/mol. The normalized spacial score (nSPS) is 14.1. The summed E-state index contributed by atoms with van der Waals surface area (Å²) < 4.78 is 0. The Labute approximate surface area is 354 Å². The molecule has 0 saturated carbocycles. The van der Waals surface area contributed by atoms with Crippen molar-refractivity contribution in [1.82, 2.24) is 0 Å². The second kappa shape index (κ2) is 13.3. The predicted octanol–water partition coefficient (Wildman–Crippen LogP) is 16.2. The van der Waals surface area contributed by atoms with E-state index in [1.165, 1.54) is 88.6 Å². The number of rotatable bonds is 6. The Morgan fingerprint density at radius 3 is 1.10 bits per heavy atom. The molecular formula is C58H48N2. The van der Waals surface area contributed by atoms with Gasteiger partial charge < -0.3 is 9.80 Å². The van der Waals surface area contributed by atoms with Gasteiger partial charge in [-0.1, -0.05) is 125 Å². The van der Waals surface area contributed by atoms with E-state index in [-0.39, 0.29) is 10.8 Å². The first-order valence-corrected chi connectivity index (χ1v) is 21.3. The molecule has 11 rings (SSSR count). The first-order chi connectivity index (χ1) is 29.1. The molecule has 0 aliphatic heterocycles. The molecule has 9 aromatic carbocycles. The highest BCUT2D eigenvalue weighted by molar-refractivity contribution is 6.05. The number of hydrogen-bond acceptors (Lipinski definition) is 2. The Bertz CT molecular complexity index is 2960. The Kier molecular flexibility index (Phi) is 8.03. The topological polar surface area (TPSA) is 6.48 Å². The number of nitrogens with zero attached hydrogens (tertiary/aromatic N) is 2. The minimum atomic E-state index is -0.159. The Hall–Kier alpha value is -6.90. The number of anilines is 6. The number of hydrogen-bond donors (Lipinski definition) is 0. The van der Waals surface area contributed by atoms with Gasteiger partial charge in [-0.05, 0) is 176 Å². The maximum absolute atomic E-state index is 2.48. The fourth-order valence-electron chi connectivity index (χ4n) is 10.4. The maximum Gasteiger partial charge on any atom is 0.0490 e. The van der Waals surface area contributed by atoms with Gasteiger partial charge in [0.25, 0.3) is 0 Å². The minimum absolute atomic E-state index is 0.159. The van der Waals surface area contributed by atoms with Crippen molar-refractivity contribution in [2.75, 3.05) is 9.80 Å². The molecule has 2 nitrogen and oxygen atoms in total.